The third-order valence-corrected chi connectivity index (χ3v) is 6.36. The second kappa shape index (κ2) is 7.62. The largest absolute Gasteiger partial charge is 0.365 e. The van der Waals surface area contributed by atoms with E-state index >= 15 is 0 Å². The number of primary amides is 1. The van der Waals surface area contributed by atoms with Gasteiger partial charge >= 0.3 is 0 Å². The summed E-state index contributed by atoms with van der Waals surface area (Å²) >= 11 is 3.24. The van der Waals surface area contributed by atoms with Crippen molar-refractivity contribution < 1.29 is 9.59 Å². The van der Waals surface area contributed by atoms with E-state index in [0.29, 0.717) is 21.4 Å². The lowest BCUT2D eigenvalue weighted by molar-refractivity contribution is 0.100. The molecule has 132 valence electrons. The van der Waals surface area contributed by atoms with Crippen molar-refractivity contribution in [1.29, 1.82) is 0 Å². The molecule has 1 aromatic heterocycles. The highest BCUT2D eigenvalue weighted by Crippen LogP contribution is 2.38. The van der Waals surface area contributed by atoms with Crippen LogP contribution in [0.5, 0.6) is 0 Å². The summed E-state index contributed by atoms with van der Waals surface area (Å²) < 4.78 is 0. The lowest BCUT2D eigenvalue weighted by Gasteiger charge is -2.11. The molecule has 1 aliphatic rings. The predicted octanol–water partition coefficient (Wildman–Crippen LogP) is 4.48. The highest BCUT2D eigenvalue weighted by atomic mass is 32.2. The molecule has 0 aliphatic heterocycles. The summed E-state index contributed by atoms with van der Waals surface area (Å²) in [5.41, 5.74) is 7.69. The van der Waals surface area contributed by atoms with E-state index in [1.165, 1.54) is 16.2 Å². The molecule has 3 N–H and O–H groups in total. The Hall–Kier alpha value is -1.79. The first kappa shape index (κ1) is 18.0. The van der Waals surface area contributed by atoms with Crippen LogP contribution in [0.4, 0.5) is 5.00 Å². The molecule has 0 fully saturated rings. The number of fused-ring (bicyclic) bond motifs is 1. The minimum Gasteiger partial charge on any atom is -0.365 e. The molecule has 1 heterocycles. The Morgan fingerprint density at radius 3 is 2.48 bits per heavy atom. The number of thiophene rings is 1. The van der Waals surface area contributed by atoms with E-state index in [2.05, 4.69) is 19.2 Å². The monoisotopic (exact) mass is 374 g/mol. The molecule has 0 atom stereocenters. The first-order valence-corrected chi connectivity index (χ1v) is 10.2. The van der Waals surface area contributed by atoms with Crippen LogP contribution in [0.1, 0.15) is 57.8 Å². The van der Waals surface area contributed by atoms with Gasteiger partial charge in [-0.1, -0.05) is 13.8 Å². The van der Waals surface area contributed by atoms with E-state index in [1.807, 2.05) is 24.3 Å². The summed E-state index contributed by atoms with van der Waals surface area (Å²) in [7, 11) is 0. The van der Waals surface area contributed by atoms with Gasteiger partial charge in [0.25, 0.3) is 11.8 Å². The fourth-order valence-corrected chi connectivity index (χ4v) is 5.17. The smallest absolute Gasteiger partial charge is 0.256 e. The molecule has 25 heavy (non-hydrogen) atoms. The molecular formula is C19H22N2O2S2. The molecule has 0 spiro atoms. The summed E-state index contributed by atoms with van der Waals surface area (Å²) in [4.78, 5) is 26.8. The van der Waals surface area contributed by atoms with Crippen LogP contribution in [0.15, 0.2) is 29.2 Å². The minimum atomic E-state index is -0.460. The summed E-state index contributed by atoms with van der Waals surface area (Å²) in [6.45, 7) is 4.27. The van der Waals surface area contributed by atoms with Crippen molar-refractivity contribution in [2.75, 3.05) is 5.32 Å². The van der Waals surface area contributed by atoms with Crippen molar-refractivity contribution in [1.82, 2.24) is 0 Å². The standard InChI is InChI=1S/C19H22N2O2S2/c1-11(2)24-13-9-7-12(8-10-13)18(23)21-19-16(17(20)22)14-5-3-4-6-15(14)25-19/h7-11H,3-6H2,1-2H3,(H2,20,22)(H,21,23). The number of anilines is 1. The van der Waals surface area contributed by atoms with Crippen LogP contribution in [0, 0.1) is 0 Å². The molecule has 0 saturated carbocycles. The van der Waals surface area contributed by atoms with Crippen molar-refractivity contribution in [2.24, 2.45) is 5.73 Å². The maximum Gasteiger partial charge on any atom is 0.256 e. The third kappa shape index (κ3) is 4.07. The number of carbonyl (C=O) groups is 2. The first-order valence-electron chi connectivity index (χ1n) is 8.48. The molecule has 1 aromatic carbocycles. The van der Waals surface area contributed by atoms with Crippen LogP contribution in [0.25, 0.3) is 0 Å². The Bertz CT molecular complexity index is 795. The van der Waals surface area contributed by atoms with E-state index in [9.17, 15) is 9.59 Å². The maximum atomic E-state index is 12.6. The average molecular weight is 375 g/mol. The van der Waals surface area contributed by atoms with Crippen LogP contribution in [-0.2, 0) is 12.8 Å². The lowest BCUT2D eigenvalue weighted by Crippen LogP contribution is -2.18. The van der Waals surface area contributed by atoms with Crippen LogP contribution < -0.4 is 11.1 Å². The number of thioether (sulfide) groups is 1. The number of hydrogen-bond acceptors (Lipinski definition) is 4. The molecular weight excluding hydrogens is 352 g/mol. The molecule has 0 saturated heterocycles. The molecule has 0 radical (unpaired) electrons. The summed E-state index contributed by atoms with van der Waals surface area (Å²) in [6, 6.07) is 7.54. The highest BCUT2D eigenvalue weighted by Gasteiger charge is 2.25. The van der Waals surface area contributed by atoms with Crippen LogP contribution >= 0.6 is 23.1 Å². The fraction of sp³-hybridized carbons (Fsp3) is 0.368. The van der Waals surface area contributed by atoms with Gasteiger partial charge in [-0.2, -0.15) is 0 Å². The number of nitrogens with one attached hydrogen (secondary N) is 1. The Balaban J connectivity index is 1.81. The SMILES string of the molecule is CC(C)Sc1ccc(C(=O)Nc2sc3c(c2C(N)=O)CCCC3)cc1. The Labute approximate surface area is 156 Å². The number of benzene rings is 1. The summed E-state index contributed by atoms with van der Waals surface area (Å²) in [5.74, 6) is -0.666. The Morgan fingerprint density at radius 1 is 1.16 bits per heavy atom. The van der Waals surface area contributed by atoms with Crippen molar-refractivity contribution in [3.63, 3.8) is 0 Å². The molecule has 2 aromatic rings. The van der Waals surface area contributed by atoms with Crippen molar-refractivity contribution in [3.8, 4) is 0 Å². The number of hydrogen-bond donors (Lipinski definition) is 2. The topological polar surface area (TPSA) is 72.2 Å². The van der Waals surface area contributed by atoms with E-state index in [0.717, 1.165) is 36.1 Å². The van der Waals surface area contributed by atoms with Gasteiger partial charge < -0.3 is 11.1 Å². The molecule has 6 heteroatoms. The number of nitrogens with two attached hydrogens (primary N) is 1. The minimum absolute atomic E-state index is 0.206. The van der Waals surface area contributed by atoms with E-state index in [1.54, 1.807) is 11.8 Å². The van der Waals surface area contributed by atoms with Crippen LogP contribution in [-0.4, -0.2) is 17.1 Å². The van der Waals surface area contributed by atoms with Gasteiger partial charge in [-0.3, -0.25) is 9.59 Å². The third-order valence-electron chi connectivity index (χ3n) is 4.13. The second-order valence-corrected chi connectivity index (χ2v) is 9.18. The van der Waals surface area contributed by atoms with Gasteiger partial charge in [0.2, 0.25) is 0 Å². The lowest BCUT2D eigenvalue weighted by atomic mass is 9.95. The van der Waals surface area contributed by atoms with E-state index in [-0.39, 0.29) is 5.91 Å². The molecule has 2 amide bonds. The van der Waals surface area contributed by atoms with Gasteiger partial charge in [-0.15, -0.1) is 23.1 Å². The van der Waals surface area contributed by atoms with Crippen molar-refractivity contribution in [2.45, 2.75) is 49.7 Å². The quantitative estimate of drug-likeness (QED) is 0.758. The van der Waals surface area contributed by atoms with Crippen LogP contribution in [0.2, 0.25) is 0 Å². The maximum absolute atomic E-state index is 12.6. The van der Waals surface area contributed by atoms with E-state index in [4.69, 9.17) is 5.73 Å². The number of rotatable bonds is 5. The van der Waals surface area contributed by atoms with Gasteiger partial charge in [0, 0.05) is 20.6 Å². The van der Waals surface area contributed by atoms with Gasteiger partial charge in [-0.25, -0.2) is 0 Å². The zero-order valence-electron chi connectivity index (χ0n) is 14.4. The average Bonchev–Trinajstić information content (AvgIpc) is 2.92. The van der Waals surface area contributed by atoms with E-state index < -0.39 is 5.91 Å². The number of amides is 2. The van der Waals surface area contributed by atoms with Crippen molar-refractivity contribution >= 4 is 39.9 Å². The zero-order valence-corrected chi connectivity index (χ0v) is 16.1. The number of carbonyl (C=O) groups excluding carboxylic acids is 2. The van der Waals surface area contributed by atoms with Gasteiger partial charge in [0.1, 0.15) is 5.00 Å². The summed E-state index contributed by atoms with van der Waals surface area (Å²) in [6.07, 6.45) is 4.00. The van der Waals surface area contributed by atoms with Crippen LogP contribution in [0.3, 0.4) is 0 Å². The number of aryl methyl sites for hydroxylation is 1. The second-order valence-electron chi connectivity index (χ2n) is 6.42. The molecule has 4 nitrogen and oxygen atoms in total. The first-order chi connectivity index (χ1) is 12.0. The zero-order chi connectivity index (χ0) is 18.0. The summed E-state index contributed by atoms with van der Waals surface area (Å²) in [5, 5.41) is 3.98. The molecule has 0 unspecified atom stereocenters. The fourth-order valence-electron chi connectivity index (χ4n) is 3.05. The molecule has 3 rings (SSSR count). The van der Waals surface area contributed by atoms with Gasteiger partial charge in [0.15, 0.2) is 0 Å². The van der Waals surface area contributed by atoms with Gasteiger partial charge in [0.05, 0.1) is 5.56 Å². The predicted molar refractivity (Wildman–Crippen MR) is 105 cm³/mol. The highest BCUT2D eigenvalue weighted by molar-refractivity contribution is 7.99. The van der Waals surface area contributed by atoms with Crippen molar-refractivity contribution in [3.05, 3.63) is 45.8 Å². The Morgan fingerprint density at radius 2 is 1.84 bits per heavy atom. The molecule has 0 bridgehead atoms. The van der Waals surface area contributed by atoms with Gasteiger partial charge in [-0.05, 0) is 55.5 Å². The molecule has 1 aliphatic carbocycles. The Kier molecular flexibility index (Phi) is 5.49. The normalized spacial score (nSPS) is 13.6.